The summed E-state index contributed by atoms with van der Waals surface area (Å²) in [4.78, 5) is 15.6. The highest BCUT2D eigenvalue weighted by molar-refractivity contribution is 7.89. The van der Waals surface area contributed by atoms with E-state index in [9.17, 15) is 26.4 Å². The number of nitrogens with zero attached hydrogens (tertiary/aromatic N) is 3. The van der Waals surface area contributed by atoms with Crippen molar-refractivity contribution < 1.29 is 26.4 Å². The number of piperidine rings is 1. The summed E-state index contributed by atoms with van der Waals surface area (Å²) in [5, 5.41) is 0. The lowest BCUT2D eigenvalue weighted by Gasteiger charge is -2.34. The summed E-state index contributed by atoms with van der Waals surface area (Å²) in [5.41, 5.74) is 1.49. The highest BCUT2D eigenvalue weighted by Crippen LogP contribution is 2.26. The van der Waals surface area contributed by atoms with Crippen molar-refractivity contribution in [2.75, 3.05) is 44.4 Å². The molecule has 0 aromatic heterocycles. The smallest absolute Gasteiger partial charge is 0.378 e. The molecule has 0 radical (unpaired) electrons. The molecule has 1 aliphatic heterocycles. The molecule has 0 aliphatic carbocycles. The Bertz CT molecular complexity index is 811. The molecule has 1 amide bonds. The largest absolute Gasteiger partial charge is 0.406 e. The Hall–Kier alpha value is -1.81. The van der Waals surface area contributed by atoms with Crippen LogP contribution in [-0.2, 0) is 21.4 Å². The SMILES string of the molecule is CCCS(=O)(=O)N1CCCC(C(=O)N(Cc2ccc(N(C)C)cc2)CC(F)(F)F)C1. The average molecular weight is 450 g/mol. The van der Waals surface area contributed by atoms with Gasteiger partial charge < -0.3 is 9.80 Å². The molecule has 1 saturated heterocycles. The van der Waals surface area contributed by atoms with Crippen molar-refractivity contribution in [1.82, 2.24) is 9.21 Å². The second kappa shape index (κ2) is 10.00. The predicted octanol–water partition coefficient (Wildman–Crippen LogP) is 3.10. The van der Waals surface area contributed by atoms with Crippen molar-refractivity contribution in [3.63, 3.8) is 0 Å². The van der Waals surface area contributed by atoms with Gasteiger partial charge in [0.15, 0.2) is 0 Å². The molecule has 1 atom stereocenters. The third kappa shape index (κ3) is 6.87. The number of hydrogen-bond donors (Lipinski definition) is 0. The molecule has 0 saturated carbocycles. The van der Waals surface area contributed by atoms with E-state index in [0.29, 0.717) is 31.4 Å². The summed E-state index contributed by atoms with van der Waals surface area (Å²) in [7, 11) is 0.217. The lowest BCUT2D eigenvalue weighted by molar-refractivity contribution is -0.165. The van der Waals surface area contributed by atoms with E-state index in [1.807, 2.05) is 19.0 Å². The third-order valence-corrected chi connectivity index (χ3v) is 7.14. The van der Waals surface area contributed by atoms with Crippen molar-refractivity contribution in [3.05, 3.63) is 29.8 Å². The molecule has 30 heavy (non-hydrogen) atoms. The van der Waals surface area contributed by atoms with Crippen molar-refractivity contribution in [3.8, 4) is 0 Å². The summed E-state index contributed by atoms with van der Waals surface area (Å²) < 4.78 is 65.4. The van der Waals surface area contributed by atoms with Crippen LogP contribution in [0.3, 0.4) is 0 Å². The maximum atomic E-state index is 13.2. The first-order valence-corrected chi connectivity index (χ1v) is 11.6. The van der Waals surface area contributed by atoms with E-state index in [4.69, 9.17) is 0 Å². The number of rotatable bonds is 8. The number of sulfonamides is 1. The molecule has 0 spiro atoms. The van der Waals surface area contributed by atoms with Crippen molar-refractivity contribution in [2.45, 2.75) is 38.9 Å². The number of carbonyl (C=O) groups is 1. The molecule has 1 heterocycles. The maximum absolute atomic E-state index is 13.2. The van der Waals surface area contributed by atoms with Gasteiger partial charge in [0.05, 0.1) is 11.7 Å². The first-order valence-electron chi connectivity index (χ1n) is 10.0. The van der Waals surface area contributed by atoms with Crippen LogP contribution >= 0.6 is 0 Å². The molecule has 1 fully saturated rings. The van der Waals surface area contributed by atoms with Crippen molar-refractivity contribution >= 4 is 21.6 Å². The molecule has 0 bridgehead atoms. The molecular weight excluding hydrogens is 419 g/mol. The van der Waals surface area contributed by atoms with E-state index in [1.165, 1.54) is 4.31 Å². The highest BCUT2D eigenvalue weighted by atomic mass is 32.2. The molecule has 0 N–H and O–H groups in total. The second-order valence-corrected chi connectivity index (χ2v) is 9.97. The minimum atomic E-state index is -4.54. The Kier molecular flexibility index (Phi) is 8.15. The summed E-state index contributed by atoms with van der Waals surface area (Å²) in [5.74, 6) is -1.45. The maximum Gasteiger partial charge on any atom is 0.406 e. The average Bonchev–Trinajstić information content (AvgIpc) is 2.66. The van der Waals surface area contributed by atoms with Crippen LogP contribution in [0.5, 0.6) is 0 Å². The molecule has 6 nitrogen and oxygen atoms in total. The van der Waals surface area contributed by atoms with Gasteiger partial charge in [-0.2, -0.15) is 13.2 Å². The van der Waals surface area contributed by atoms with E-state index in [2.05, 4.69) is 0 Å². The number of halogens is 3. The van der Waals surface area contributed by atoms with Crippen LogP contribution in [0.2, 0.25) is 0 Å². The number of amides is 1. The number of hydrogen-bond acceptors (Lipinski definition) is 4. The second-order valence-electron chi connectivity index (χ2n) is 7.88. The van der Waals surface area contributed by atoms with Crippen LogP contribution in [0.1, 0.15) is 31.7 Å². The molecule has 10 heteroatoms. The summed E-state index contributed by atoms with van der Waals surface area (Å²) in [6.07, 6.45) is -3.26. The van der Waals surface area contributed by atoms with Gasteiger partial charge >= 0.3 is 6.18 Å². The van der Waals surface area contributed by atoms with Crippen LogP contribution < -0.4 is 4.90 Å². The Labute approximate surface area is 176 Å². The third-order valence-electron chi connectivity index (χ3n) is 5.10. The Morgan fingerprint density at radius 1 is 1.20 bits per heavy atom. The van der Waals surface area contributed by atoms with Crippen LogP contribution in [-0.4, -0.2) is 69.2 Å². The number of benzene rings is 1. The van der Waals surface area contributed by atoms with Gasteiger partial charge in [0.1, 0.15) is 6.54 Å². The molecule has 1 aliphatic rings. The van der Waals surface area contributed by atoms with Gasteiger partial charge in [0.2, 0.25) is 15.9 Å². The Morgan fingerprint density at radius 2 is 1.83 bits per heavy atom. The fraction of sp³-hybridized carbons (Fsp3) is 0.650. The number of carbonyl (C=O) groups excluding carboxylic acids is 1. The lowest BCUT2D eigenvalue weighted by Crippen LogP contribution is -2.48. The Balaban J connectivity index is 2.18. The van der Waals surface area contributed by atoms with Gasteiger partial charge in [-0.1, -0.05) is 19.1 Å². The van der Waals surface area contributed by atoms with E-state index < -0.39 is 34.6 Å². The quantitative estimate of drug-likeness (QED) is 0.612. The molecular formula is C20H30F3N3O3S. The van der Waals surface area contributed by atoms with Crippen LogP contribution in [0.4, 0.5) is 18.9 Å². The van der Waals surface area contributed by atoms with Gasteiger partial charge in [0.25, 0.3) is 0 Å². The van der Waals surface area contributed by atoms with Crippen LogP contribution in [0.25, 0.3) is 0 Å². The van der Waals surface area contributed by atoms with E-state index in [-0.39, 0.29) is 18.8 Å². The van der Waals surface area contributed by atoms with Gasteiger partial charge in [-0.25, -0.2) is 12.7 Å². The van der Waals surface area contributed by atoms with E-state index in [1.54, 1.807) is 31.2 Å². The fourth-order valence-corrected chi connectivity index (χ4v) is 5.18. The minimum Gasteiger partial charge on any atom is -0.378 e. The lowest BCUT2D eigenvalue weighted by atomic mass is 9.97. The van der Waals surface area contributed by atoms with Gasteiger partial charge in [0, 0.05) is 39.4 Å². The standard InChI is InChI=1S/C20H30F3N3O3S/c1-4-12-30(28,29)26-11-5-6-17(14-26)19(27)25(15-20(21,22)23)13-16-7-9-18(10-8-16)24(2)3/h7-10,17H,4-6,11-15H2,1-3H3. The zero-order valence-corrected chi connectivity index (χ0v) is 18.5. The summed E-state index contributed by atoms with van der Waals surface area (Å²) in [6, 6.07) is 6.96. The van der Waals surface area contributed by atoms with E-state index >= 15 is 0 Å². The molecule has 170 valence electrons. The Morgan fingerprint density at radius 3 is 2.37 bits per heavy atom. The molecule has 1 aromatic carbocycles. The normalized spacial score (nSPS) is 18.3. The number of alkyl halides is 3. The fourth-order valence-electron chi connectivity index (χ4n) is 3.59. The zero-order valence-electron chi connectivity index (χ0n) is 17.7. The number of anilines is 1. The van der Waals surface area contributed by atoms with E-state index in [0.717, 1.165) is 10.6 Å². The topological polar surface area (TPSA) is 60.9 Å². The van der Waals surface area contributed by atoms with Gasteiger partial charge in [-0.15, -0.1) is 0 Å². The predicted molar refractivity (Wildman–Crippen MR) is 111 cm³/mol. The van der Waals surface area contributed by atoms with Crippen molar-refractivity contribution in [2.24, 2.45) is 5.92 Å². The highest BCUT2D eigenvalue weighted by Gasteiger charge is 2.38. The summed E-state index contributed by atoms with van der Waals surface area (Å²) >= 11 is 0. The van der Waals surface area contributed by atoms with Gasteiger partial charge in [-0.05, 0) is 37.0 Å². The monoisotopic (exact) mass is 449 g/mol. The molecule has 1 unspecified atom stereocenters. The first kappa shape index (κ1) is 24.5. The van der Waals surface area contributed by atoms with Crippen LogP contribution in [0.15, 0.2) is 24.3 Å². The molecule has 1 aromatic rings. The van der Waals surface area contributed by atoms with Gasteiger partial charge in [-0.3, -0.25) is 4.79 Å². The van der Waals surface area contributed by atoms with Crippen molar-refractivity contribution in [1.29, 1.82) is 0 Å². The minimum absolute atomic E-state index is 0.0294. The molecule has 2 rings (SSSR count). The van der Waals surface area contributed by atoms with Crippen LogP contribution in [0, 0.1) is 5.92 Å². The zero-order chi connectivity index (χ0) is 22.5. The first-order chi connectivity index (χ1) is 13.9. The summed E-state index contributed by atoms with van der Waals surface area (Å²) in [6.45, 7) is 0.451.